The fraction of sp³-hybridized carbons (Fsp3) is 0.269. The van der Waals surface area contributed by atoms with E-state index in [-0.39, 0.29) is 17.9 Å². The molecule has 0 spiro atoms. The first-order valence-electron chi connectivity index (χ1n) is 11.9. The van der Waals surface area contributed by atoms with Gasteiger partial charge in [0.05, 0.1) is 11.4 Å². The van der Waals surface area contributed by atoms with Crippen LogP contribution >= 0.6 is 11.3 Å². The van der Waals surface area contributed by atoms with E-state index in [4.69, 9.17) is 10.2 Å². The smallest absolute Gasteiger partial charge is 0.355 e. The Labute approximate surface area is 221 Å². The number of aryl methyl sites for hydroxylation is 1. The quantitative estimate of drug-likeness (QED) is 0.306. The highest BCUT2D eigenvalue weighted by Gasteiger charge is 2.29. The lowest BCUT2D eigenvalue weighted by atomic mass is 9.96. The highest BCUT2D eigenvalue weighted by molar-refractivity contribution is 7.89. The minimum Gasteiger partial charge on any atom is -0.476 e. The standard InChI is InChI=1S/C26H24F2N4O4S2/c1-2-16-12-17(6-7-19(16)27)24-18(9-15-5-8-23(20(28)10-15)38(29,35)36)22(11-14-3-4-14)32(31-24)26-30-21(13-37-26)25(33)34/h5-8,10,12-14H,2-4,9,11H2,1H3,(H,33,34)(H2,29,35,36). The molecular weight excluding hydrogens is 534 g/mol. The molecule has 5 rings (SSSR count). The van der Waals surface area contributed by atoms with Gasteiger partial charge in [0.25, 0.3) is 0 Å². The number of carbonyl (C=O) groups is 1. The SMILES string of the molecule is CCc1cc(-c2nn(-c3nc(C(=O)O)cs3)c(CC3CC3)c2Cc2ccc(S(N)(=O)=O)c(F)c2)ccc1F. The molecule has 1 aliphatic rings. The molecule has 0 saturated heterocycles. The summed E-state index contributed by atoms with van der Waals surface area (Å²) in [6.07, 6.45) is 3.39. The van der Waals surface area contributed by atoms with E-state index in [2.05, 4.69) is 4.98 Å². The highest BCUT2D eigenvalue weighted by atomic mass is 32.2. The lowest BCUT2D eigenvalue weighted by Crippen LogP contribution is -2.14. The van der Waals surface area contributed by atoms with Crippen molar-refractivity contribution in [3.8, 4) is 16.4 Å². The van der Waals surface area contributed by atoms with Gasteiger partial charge < -0.3 is 5.11 Å². The molecule has 3 N–H and O–H groups in total. The number of carboxylic acids is 1. The van der Waals surface area contributed by atoms with Crippen LogP contribution in [0.4, 0.5) is 8.78 Å². The molecule has 1 aliphatic carbocycles. The Kier molecular flexibility index (Phi) is 6.88. The van der Waals surface area contributed by atoms with Gasteiger partial charge in [-0.15, -0.1) is 11.3 Å². The zero-order valence-corrected chi connectivity index (χ0v) is 22.0. The molecule has 198 valence electrons. The maximum absolute atomic E-state index is 14.7. The van der Waals surface area contributed by atoms with E-state index in [0.29, 0.717) is 46.3 Å². The molecule has 0 bridgehead atoms. The van der Waals surface area contributed by atoms with Crippen molar-refractivity contribution in [3.63, 3.8) is 0 Å². The van der Waals surface area contributed by atoms with Crippen LogP contribution in [0.5, 0.6) is 0 Å². The summed E-state index contributed by atoms with van der Waals surface area (Å²) in [5.41, 5.74) is 3.65. The van der Waals surface area contributed by atoms with E-state index >= 15 is 0 Å². The van der Waals surface area contributed by atoms with E-state index in [0.717, 1.165) is 47.6 Å². The zero-order valence-electron chi connectivity index (χ0n) is 20.3. The molecule has 1 saturated carbocycles. The average molecular weight is 559 g/mol. The number of hydrogen-bond donors (Lipinski definition) is 2. The second kappa shape index (κ2) is 10.0. The second-order valence-electron chi connectivity index (χ2n) is 9.30. The number of benzene rings is 2. The molecule has 2 aromatic carbocycles. The van der Waals surface area contributed by atoms with E-state index in [1.54, 1.807) is 16.8 Å². The van der Waals surface area contributed by atoms with Gasteiger partial charge in [-0.05, 0) is 73.1 Å². The van der Waals surface area contributed by atoms with Crippen LogP contribution in [-0.2, 0) is 29.3 Å². The largest absolute Gasteiger partial charge is 0.476 e. The normalized spacial score (nSPS) is 13.7. The number of thiazole rings is 1. The number of primary sulfonamides is 1. The number of nitrogens with zero attached hydrogens (tertiary/aromatic N) is 3. The molecule has 4 aromatic rings. The van der Waals surface area contributed by atoms with Gasteiger partial charge in [-0.25, -0.2) is 36.8 Å². The van der Waals surface area contributed by atoms with Gasteiger partial charge >= 0.3 is 5.97 Å². The van der Waals surface area contributed by atoms with Crippen LogP contribution in [0.1, 0.15) is 52.6 Å². The van der Waals surface area contributed by atoms with Crippen LogP contribution in [-0.4, -0.2) is 34.3 Å². The second-order valence-corrected chi connectivity index (χ2v) is 11.7. The molecule has 0 radical (unpaired) electrons. The topological polar surface area (TPSA) is 128 Å². The number of aromatic nitrogens is 3. The lowest BCUT2D eigenvalue weighted by molar-refractivity contribution is 0.0691. The van der Waals surface area contributed by atoms with Gasteiger partial charge in [0.2, 0.25) is 15.2 Å². The average Bonchev–Trinajstić information content (AvgIpc) is 3.41. The van der Waals surface area contributed by atoms with Crippen LogP contribution in [0.15, 0.2) is 46.7 Å². The molecule has 0 atom stereocenters. The molecule has 1 fully saturated rings. The number of carboxylic acid groups (broad SMARTS) is 1. The summed E-state index contributed by atoms with van der Waals surface area (Å²) >= 11 is 1.14. The van der Waals surface area contributed by atoms with Crippen molar-refractivity contribution in [2.45, 2.75) is 43.9 Å². The van der Waals surface area contributed by atoms with Crippen molar-refractivity contribution < 1.29 is 27.1 Å². The van der Waals surface area contributed by atoms with Crippen molar-refractivity contribution in [2.75, 3.05) is 0 Å². The summed E-state index contributed by atoms with van der Waals surface area (Å²) in [4.78, 5) is 15.1. The Hall–Kier alpha value is -3.48. The molecule has 0 aliphatic heterocycles. The molecule has 0 amide bonds. The van der Waals surface area contributed by atoms with Gasteiger partial charge in [0.15, 0.2) is 5.69 Å². The van der Waals surface area contributed by atoms with Crippen molar-refractivity contribution in [1.29, 1.82) is 0 Å². The van der Waals surface area contributed by atoms with E-state index in [1.807, 2.05) is 6.92 Å². The number of halogens is 2. The summed E-state index contributed by atoms with van der Waals surface area (Å²) in [5.74, 6) is -2.02. The molecule has 2 heterocycles. The number of sulfonamides is 1. The first-order chi connectivity index (χ1) is 18.0. The van der Waals surface area contributed by atoms with Gasteiger partial charge in [0.1, 0.15) is 16.5 Å². The number of nitrogens with two attached hydrogens (primary N) is 1. The van der Waals surface area contributed by atoms with Crippen LogP contribution in [0.3, 0.4) is 0 Å². The van der Waals surface area contributed by atoms with Crippen molar-refractivity contribution in [2.24, 2.45) is 11.1 Å². The fourth-order valence-corrected chi connectivity index (χ4v) is 5.77. The predicted octanol–water partition coefficient (Wildman–Crippen LogP) is 4.73. The molecular formula is C26H24F2N4O4S2. The van der Waals surface area contributed by atoms with Crippen molar-refractivity contribution >= 4 is 27.3 Å². The third-order valence-electron chi connectivity index (χ3n) is 6.54. The Morgan fingerprint density at radius 1 is 1.18 bits per heavy atom. The van der Waals surface area contributed by atoms with E-state index in [9.17, 15) is 27.1 Å². The molecule has 12 heteroatoms. The summed E-state index contributed by atoms with van der Waals surface area (Å²) in [6, 6.07) is 8.50. The molecule has 0 unspecified atom stereocenters. The minimum absolute atomic E-state index is 0.100. The summed E-state index contributed by atoms with van der Waals surface area (Å²) in [6.45, 7) is 1.85. The Balaban J connectivity index is 1.69. The van der Waals surface area contributed by atoms with Gasteiger partial charge in [-0.3, -0.25) is 0 Å². The maximum atomic E-state index is 14.7. The number of aromatic carboxylic acids is 1. The fourth-order valence-electron chi connectivity index (χ4n) is 4.41. The van der Waals surface area contributed by atoms with Crippen LogP contribution in [0.25, 0.3) is 16.4 Å². The monoisotopic (exact) mass is 558 g/mol. The Morgan fingerprint density at radius 3 is 2.55 bits per heavy atom. The van der Waals surface area contributed by atoms with Gasteiger partial charge in [0, 0.05) is 22.9 Å². The maximum Gasteiger partial charge on any atom is 0.355 e. The summed E-state index contributed by atoms with van der Waals surface area (Å²) < 4.78 is 54.0. The van der Waals surface area contributed by atoms with E-state index in [1.165, 1.54) is 17.5 Å². The molecule has 2 aromatic heterocycles. The number of rotatable bonds is 9. The lowest BCUT2D eigenvalue weighted by Gasteiger charge is -2.10. The third kappa shape index (κ3) is 5.24. The van der Waals surface area contributed by atoms with E-state index < -0.39 is 26.7 Å². The van der Waals surface area contributed by atoms with Gasteiger partial charge in [-0.1, -0.05) is 13.0 Å². The van der Waals surface area contributed by atoms with Gasteiger partial charge in [-0.2, -0.15) is 5.10 Å². The van der Waals surface area contributed by atoms with Crippen LogP contribution < -0.4 is 5.14 Å². The predicted molar refractivity (Wildman–Crippen MR) is 138 cm³/mol. The van der Waals surface area contributed by atoms with Crippen LogP contribution in [0.2, 0.25) is 0 Å². The van der Waals surface area contributed by atoms with Crippen molar-refractivity contribution in [3.05, 3.63) is 81.5 Å². The van der Waals surface area contributed by atoms with Crippen LogP contribution in [0, 0.1) is 17.6 Å². The molecule has 38 heavy (non-hydrogen) atoms. The summed E-state index contributed by atoms with van der Waals surface area (Å²) in [5, 5.41) is 21.1. The van der Waals surface area contributed by atoms with Crippen molar-refractivity contribution in [1.82, 2.24) is 14.8 Å². The minimum atomic E-state index is -4.22. The summed E-state index contributed by atoms with van der Waals surface area (Å²) in [7, 11) is -4.22. The number of hydrogen-bond acceptors (Lipinski definition) is 6. The zero-order chi connectivity index (χ0) is 27.2. The first-order valence-corrected chi connectivity index (χ1v) is 14.4. The first kappa shape index (κ1) is 26.1. The Bertz CT molecular complexity index is 1660. The molecule has 8 nitrogen and oxygen atoms in total. The third-order valence-corrected chi connectivity index (χ3v) is 8.31. The Morgan fingerprint density at radius 2 is 1.95 bits per heavy atom. The highest BCUT2D eigenvalue weighted by Crippen LogP contribution is 2.38.